The van der Waals surface area contributed by atoms with Gasteiger partial charge >= 0.3 is 0 Å². The van der Waals surface area contributed by atoms with Crippen LogP contribution in [0.2, 0.25) is 0 Å². The molecule has 0 atom stereocenters. The molecule has 24 heavy (non-hydrogen) atoms. The Kier molecular flexibility index (Phi) is 5.10. The molecule has 0 spiro atoms. The zero-order valence-corrected chi connectivity index (χ0v) is 15.0. The van der Waals surface area contributed by atoms with Crippen LogP contribution < -0.4 is 10.6 Å². The number of rotatable bonds is 5. The molecule has 0 saturated carbocycles. The van der Waals surface area contributed by atoms with E-state index in [0.717, 1.165) is 28.9 Å². The van der Waals surface area contributed by atoms with Crippen molar-refractivity contribution in [2.45, 2.75) is 33.9 Å². The molecule has 3 aromatic heterocycles. The molecule has 0 aromatic carbocycles. The van der Waals surface area contributed by atoms with Crippen molar-refractivity contribution in [3.63, 3.8) is 0 Å². The molecule has 0 radical (unpaired) electrons. The lowest BCUT2D eigenvalue weighted by Gasteiger charge is -2.09. The van der Waals surface area contributed by atoms with Crippen LogP contribution in [0.25, 0.3) is 5.65 Å². The van der Waals surface area contributed by atoms with Crippen molar-refractivity contribution in [3.05, 3.63) is 51.9 Å². The van der Waals surface area contributed by atoms with E-state index in [1.165, 1.54) is 10.6 Å². The van der Waals surface area contributed by atoms with Gasteiger partial charge in [0, 0.05) is 29.5 Å². The van der Waals surface area contributed by atoms with Gasteiger partial charge in [0.05, 0.1) is 18.8 Å². The van der Waals surface area contributed by atoms with Gasteiger partial charge in [0.1, 0.15) is 10.7 Å². The summed E-state index contributed by atoms with van der Waals surface area (Å²) in [4.78, 5) is 14.8. The molecular weight excluding hydrogens is 320 g/mol. The number of nitrogens with one attached hydrogen (secondary N) is 2. The molecule has 0 bridgehead atoms. The second-order valence-corrected chi connectivity index (χ2v) is 6.86. The Morgan fingerprint density at radius 2 is 2.17 bits per heavy atom. The average molecular weight is 342 g/mol. The van der Waals surface area contributed by atoms with Gasteiger partial charge < -0.3 is 15.0 Å². The molecule has 126 valence electrons. The van der Waals surface area contributed by atoms with E-state index < -0.39 is 0 Å². The second-order valence-electron chi connectivity index (χ2n) is 5.54. The Morgan fingerprint density at radius 1 is 1.29 bits per heavy atom. The van der Waals surface area contributed by atoms with Crippen molar-refractivity contribution < 1.29 is 0 Å². The fourth-order valence-electron chi connectivity index (χ4n) is 2.42. The van der Waals surface area contributed by atoms with Crippen molar-refractivity contribution in [3.8, 4) is 0 Å². The van der Waals surface area contributed by atoms with Gasteiger partial charge in [0.25, 0.3) is 0 Å². The summed E-state index contributed by atoms with van der Waals surface area (Å²) in [7, 11) is 0. The second kappa shape index (κ2) is 7.44. The largest absolute Gasteiger partial charge is 0.357 e. The van der Waals surface area contributed by atoms with Crippen LogP contribution in [0.5, 0.6) is 0 Å². The van der Waals surface area contributed by atoms with E-state index in [1.807, 2.05) is 24.5 Å². The smallest absolute Gasteiger partial charge is 0.191 e. The Balaban J connectivity index is 1.68. The van der Waals surface area contributed by atoms with Crippen LogP contribution in [0.1, 0.15) is 28.2 Å². The molecular formula is C17H22N6S. The molecule has 0 aliphatic rings. The normalized spacial score (nSPS) is 11.9. The first-order valence-electron chi connectivity index (χ1n) is 8.03. The maximum atomic E-state index is 4.63. The molecule has 3 heterocycles. The molecule has 0 amide bonds. The first-order valence-corrected chi connectivity index (χ1v) is 8.84. The summed E-state index contributed by atoms with van der Waals surface area (Å²) < 4.78 is 2.09. The standard InChI is InChI=1S/C17H22N6S/c1-4-18-17(21-10-16-19-8-13(3)24-16)20-9-14-11-23-12(2)6-5-7-15(23)22-14/h5-8,11H,4,9-10H2,1-3H3,(H2,18,20,21). The summed E-state index contributed by atoms with van der Waals surface area (Å²) in [6.45, 7) is 8.21. The lowest BCUT2D eigenvalue weighted by Crippen LogP contribution is -2.36. The van der Waals surface area contributed by atoms with Crippen LogP contribution >= 0.6 is 11.3 Å². The van der Waals surface area contributed by atoms with Crippen LogP contribution in [0, 0.1) is 13.8 Å². The number of pyridine rings is 1. The third-order valence-corrected chi connectivity index (χ3v) is 4.48. The fourth-order valence-corrected chi connectivity index (χ4v) is 3.15. The van der Waals surface area contributed by atoms with E-state index in [0.29, 0.717) is 13.1 Å². The SMILES string of the molecule is CCNC(=NCc1cn2c(C)cccc2n1)NCc1ncc(C)s1. The van der Waals surface area contributed by atoms with Crippen molar-refractivity contribution in [2.24, 2.45) is 4.99 Å². The van der Waals surface area contributed by atoms with Gasteiger partial charge in [0.15, 0.2) is 5.96 Å². The van der Waals surface area contributed by atoms with E-state index in [1.54, 1.807) is 11.3 Å². The molecule has 3 aromatic rings. The number of fused-ring (bicyclic) bond motifs is 1. The van der Waals surface area contributed by atoms with Crippen molar-refractivity contribution >= 4 is 22.9 Å². The average Bonchev–Trinajstić information content (AvgIpc) is 3.17. The molecule has 3 rings (SSSR count). The maximum Gasteiger partial charge on any atom is 0.191 e. The Bertz CT molecular complexity index is 848. The van der Waals surface area contributed by atoms with Gasteiger partial charge in [-0.15, -0.1) is 11.3 Å². The minimum atomic E-state index is 0.535. The minimum absolute atomic E-state index is 0.535. The number of guanidine groups is 1. The quantitative estimate of drug-likeness (QED) is 0.553. The maximum absolute atomic E-state index is 4.63. The first kappa shape index (κ1) is 16.4. The third kappa shape index (κ3) is 3.91. The number of hydrogen-bond donors (Lipinski definition) is 2. The van der Waals surface area contributed by atoms with Crippen LogP contribution in [-0.4, -0.2) is 26.9 Å². The Labute approximate surface area is 145 Å². The van der Waals surface area contributed by atoms with Crippen LogP contribution in [0.4, 0.5) is 0 Å². The van der Waals surface area contributed by atoms with Gasteiger partial charge in [-0.2, -0.15) is 0 Å². The number of aryl methyl sites for hydroxylation is 2. The third-order valence-electron chi connectivity index (χ3n) is 3.57. The summed E-state index contributed by atoms with van der Waals surface area (Å²) in [6.07, 6.45) is 3.94. The minimum Gasteiger partial charge on any atom is -0.357 e. The first-order chi connectivity index (χ1) is 11.7. The van der Waals surface area contributed by atoms with Gasteiger partial charge in [0.2, 0.25) is 0 Å². The molecule has 0 aliphatic heterocycles. The summed E-state index contributed by atoms with van der Waals surface area (Å²) >= 11 is 1.69. The lowest BCUT2D eigenvalue weighted by molar-refractivity contribution is 0.809. The van der Waals surface area contributed by atoms with E-state index in [9.17, 15) is 0 Å². The number of aromatic nitrogens is 3. The fraction of sp³-hybridized carbons (Fsp3) is 0.353. The highest BCUT2D eigenvalue weighted by Crippen LogP contribution is 2.11. The van der Waals surface area contributed by atoms with Crippen LogP contribution in [0.15, 0.2) is 35.6 Å². The number of hydrogen-bond acceptors (Lipinski definition) is 4. The molecule has 0 fully saturated rings. The summed E-state index contributed by atoms with van der Waals surface area (Å²) in [5, 5.41) is 7.63. The highest BCUT2D eigenvalue weighted by Gasteiger charge is 2.04. The highest BCUT2D eigenvalue weighted by molar-refractivity contribution is 7.11. The monoisotopic (exact) mass is 342 g/mol. The van der Waals surface area contributed by atoms with Crippen molar-refractivity contribution in [1.29, 1.82) is 0 Å². The van der Waals surface area contributed by atoms with E-state index >= 15 is 0 Å². The zero-order valence-electron chi connectivity index (χ0n) is 14.2. The summed E-state index contributed by atoms with van der Waals surface area (Å²) in [5.41, 5.74) is 3.07. The van der Waals surface area contributed by atoms with Crippen LogP contribution in [-0.2, 0) is 13.1 Å². The van der Waals surface area contributed by atoms with E-state index in [2.05, 4.69) is 56.8 Å². The van der Waals surface area contributed by atoms with Crippen molar-refractivity contribution in [1.82, 2.24) is 25.0 Å². The number of nitrogens with zero attached hydrogens (tertiary/aromatic N) is 4. The predicted octanol–water partition coefficient (Wildman–Crippen LogP) is 2.66. The summed E-state index contributed by atoms with van der Waals surface area (Å²) in [6, 6.07) is 6.10. The van der Waals surface area contributed by atoms with Crippen LogP contribution in [0.3, 0.4) is 0 Å². The van der Waals surface area contributed by atoms with E-state index in [4.69, 9.17) is 0 Å². The number of aliphatic imine (C=N–C) groups is 1. The summed E-state index contributed by atoms with van der Waals surface area (Å²) in [5.74, 6) is 0.777. The number of thiazole rings is 1. The highest BCUT2D eigenvalue weighted by atomic mass is 32.1. The molecule has 0 saturated heterocycles. The van der Waals surface area contributed by atoms with Gasteiger partial charge in [-0.1, -0.05) is 6.07 Å². The van der Waals surface area contributed by atoms with Gasteiger partial charge in [-0.3, -0.25) is 0 Å². The molecule has 6 nitrogen and oxygen atoms in total. The van der Waals surface area contributed by atoms with Gasteiger partial charge in [-0.25, -0.2) is 15.0 Å². The van der Waals surface area contributed by atoms with Gasteiger partial charge in [-0.05, 0) is 32.9 Å². The molecule has 2 N–H and O–H groups in total. The number of imidazole rings is 1. The van der Waals surface area contributed by atoms with Crippen molar-refractivity contribution in [2.75, 3.05) is 6.54 Å². The predicted molar refractivity (Wildman–Crippen MR) is 98.4 cm³/mol. The van der Waals surface area contributed by atoms with E-state index in [-0.39, 0.29) is 0 Å². The Hall–Kier alpha value is -2.41. The topological polar surface area (TPSA) is 66.6 Å². The molecule has 7 heteroatoms. The zero-order chi connectivity index (χ0) is 16.9. The molecule has 0 aliphatic carbocycles. The Morgan fingerprint density at radius 3 is 2.88 bits per heavy atom. The lowest BCUT2D eigenvalue weighted by atomic mass is 10.4. The molecule has 0 unspecified atom stereocenters.